The summed E-state index contributed by atoms with van der Waals surface area (Å²) in [6, 6.07) is 3.61. The predicted octanol–water partition coefficient (Wildman–Crippen LogP) is 1.55. The van der Waals surface area contributed by atoms with Crippen molar-refractivity contribution >= 4 is 11.5 Å². The summed E-state index contributed by atoms with van der Waals surface area (Å²) in [4.78, 5) is 14.0. The smallest absolute Gasteiger partial charge is 0.347 e. The molecule has 66 valence electrons. The molecule has 0 N–H and O–H groups in total. The van der Waals surface area contributed by atoms with E-state index in [2.05, 4.69) is 4.98 Å². The van der Waals surface area contributed by atoms with Gasteiger partial charge in [-0.25, -0.2) is 4.98 Å². The fourth-order valence-corrected chi connectivity index (χ4v) is 1.20. The van der Waals surface area contributed by atoms with Crippen molar-refractivity contribution in [3.05, 3.63) is 40.2 Å². The van der Waals surface area contributed by atoms with Gasteiger partial charge >= 0.3 is 5.82 Å². The maximum atomic E-state index is 10.5. The van der Waals surface area contributed by atoms with E-state index >= 15 is 0 Å². The van der Waals surface area contributed by atoms with Gasteiger partial charge in [0.25, 0.3) is 0 Å². The molecule has 2 rings (SSSR count). The summed E-state index contributed by atoms with van der Waals surface area (Å²) in [5.41, 5.74) is 1.64. The molecule has 0 unspecified atom stereocenters. The Morgan fingerprint density at radius 1 is 1.62 bits per heavy atom. The second-order valence-corrected chi connectivity index (χ2v) is 2.81. The molecule has 0 fully saturated rings. The molecule has 0 atom stereocenters. The number of fused-ring (bicyclic) bond motifs is 1. The fraction of sp³-hybridized carbons (Fsp3) is 0.125. The standard InChI is InChI=1S/C8H7N3O2/c1-6-2-3-10-7(4-6)9-5-8(10)11(12)13/h2-5H,1H3. The highest BCUT2D eigenvalue weighted by atomic mass is 16.6. The zero-order chi connectivity index (χ0) is 9.42. The molecule has 2 aromatic rings. The number of pyridine rings is 1. The van der Waals surface area contributed by atoms with Crippen LogP contribution in [0.25, 0.3) is 5.65 Å². The molecule has 0 saturated heterocycles. The predicted molar refractivity (Wildman–Crippen MR) is 46.6 cm³/mol. The lowest BCUT2D eigenvalue weighted by molar-refractivity contribution is -0.390. The van der Waals surface area contributed by atoms with Crippen LogP contribution in [-0.4, -0.2) is 14.3 Å². The first kappa shape index (κ1) is 7.72. The molecule has 2 aromatic heterocycles. The van der Waals surface area contributed by atoms with Crippen LogP contribution < -0.4 is 0 Å². The first-order valence-corrected chi connectivity index (χ1v) is 3.76. The van der Waals surface area contributed by atoms with Crippen molar-refractivity contribution in [3.63, 3.8) is 0 Å². The molecule has 5 heteroatoms. The molecule has 5 nitrogen and oxygen atoms in total. The van der Waals surface area contributed by atoms with Gasteiger partial charge in [-0.2, -0.15) is 4.40 Å². The van der Waals surface area contributed by atoms with Crippen LogP contribution in [0.3, 0.4) is 0 Å². The van der Waals surface area contributed by atoms with Crippen molar-refractivity contribution in [3.8, 4) is 0 Å². The second-order valence-electron chi connectivity index (χ2n) is 2.81. The highest BCUT2D eigenvalue weighted by molar-refractivity contribution is 5.46. The second kappa shape index (κ2) is 2.55. The molecular weight excluding hydrogens is 170 g/mol. The lowest BCUT2D eigenvalue weighted by atomic mass is 10.3. The van der Waals surface area contributed by atoms with Gasteiger partial charge in [-0.15, -0.1) is 0 Å². The summed E-state index contributed by atoms with van der Waals surface area (Å²) >= 11 is 0. The largest absolute Gasteiger partial charge is 0.358 e. The van der Waals surface area contributed by atoms with Gasteiger partial charge in [0.2, 0.25) is 5.65 Å². The van der Waals surface area contributed by atoms with E-state index in [1.807, 2.05) is 13.0 Å². The number of nitrogens with zero attached hydrogens (tertiary/aromatic N) is 3. The molecular formula is C8H7N3O2. The van der Waals surface area contributed by atoms with Crippen LogP contribution in [0.2, 0.25) is 0 Å². The van der Waals surface area contributed by atoms with Crippen LogP contribution in [0, 0.1) is 17.0 Å². The van der Waals surface area contributed by atoms with Crippen molar-refractivity contribution in [1.29, 1.82) is 0 Å². The molecule has 0 spiro atoms. The van der Waals surface area contributed by atoms with Gasteiger partial charge in [0.05, 0.1) is 6.20 Å². The van der Waals surface area contributed by atoms with Crippen molar-refractivity contribution in [2.45, 2.75) is 6.92 Å². The Kier molecular flexibility index (Phi) is 1.51. The molecule has 0 radical (unpaired) electrons. The molecule has 0 aliphatic rings. The van der Waals surface area contributed by atoms with E-state index in [9.17, 15) is 10.1 Å². The van der Waals surface area contributed by atoms with E-state index in [0.717, 1.165) is 5.56 Å². The maximum absolute atomic E-state index is 10.5. The van der Waals surface area contributed by atoms with Crippen LogP contribution in [0.1, 0.15) is 5.56 Å². The molecule has 0 aliphatic heterocycles. The summed E-state index contributed by atoms with van der Waals surface area (Å²) in [5.74, 6) is -0.00463. The zero-order valence-corrected chi connectivity index (χ0v) is 6.97. The van der Waals surface area contributed by atoms with Crippen molar-refractivity contribution in [2.75, 3.05) is 0 Å². The minimum absolute atomic E-state index is 0.00463. The molecule has 0 saturated carbocycles. The van der Waals surface area contributed by atoms with Crippen molar-refractivity contribution < 1.29 is 4.92 Å². The number of nitro groups is 1. The van der Waals surface area contributed by atoms with E-state index < -0.39 is 4.92 Å². The Bertz CT molecular complexity index is 475. The first-order valence-electron chi connectivity index (χ1n) is 3.76. The number of hydrogen-bond acceptors (Lipinski definition) is 3. The fourth-order valence-electron chi connectivity index (χ4n) is 1.20. The Hall–Kier alpha value is -1.91. The summed E-state index contributed by atoms with van der Waals surface area (Å²) in [7, 11) is 0. The highest BCUT2D eigenvalue weighted by Gasteiger charge is 2.12. The lowest BCUT2D eigenvalue weighted by Crippen LogP contribution is -1.93. The maximum Gasteiger partial charge on any atom is 0.347 e. The van der Waals surface area contributed by atoms with E-state index in [0.29, 0.717) is 5.65 Å². The van der Waals surface area contributed by atoms with Crippen LogP contribution in [0.4, 0.5) is 5.82 Å². The van der Waals surface area contributed by atoms with E-state index in [4.69, 9.17) is 0 Å². The van der Waals surface area contributed by atoms with Gasteiger partial charge in [0, 0.05) is 6.07 Å². The minimum Gasteiger partial charge on any atom is -0.358 e. The SMILES string of the molecule is Cc1ccn2c([N+](=O)[O-])cnc2c1. The topological polar surface area (TPSA) is 60.4 Å². The van der Waals surface area contributed by atoms with Gasteiger partial charge in [0.1, 0.15) is 6.20 Å². The van der Waals surface area contributed by atoms with Crippen LogP contribution in [0.15, 0.2) is 24.5 Å². The number of rotatable bonds is 1. The third-order valence-corrected chi connectivity index (χ3v) is 1.84. The number of aromatic nitrogens is 2. The summed E-state index contributed by atoms with van der Waals surface area (Å²) < 4.78 is 1.45. The van der Waals surface area contributed by atoms with E-state index in [1.54, 1.807) is 12.3 Å². The molecule has 2 heterocycles. The quantitative estimate of drug-likeness (QED) is 0.490. The normalized spacial score (nSPS) is 10.5. The first-order chi connectivity index (χ1) is 6.18. The minimum atomic E-state index is -0.449. The molecule has 0 amide bonds. The van der Waals surface area contributed by atoms with Gasteiger partial charge in [-0.3, -0.25) is 0 Å². The average molecular weight is 177 g/mol. The van der Waals surface area contributed by atoms with Gasteiger partial charge < -0.3 is 10.1 Å². The lowest BCUT2D eigenvalue weighted by Gasteiger charge is -1.93. The number of imidazole rings is 1. The molecule has 13 heavy (non-hydrogen) atoms. The molecule has 0 bridgehead atoms. The van der Waals surface area contributed by atoms with E-state index in [-0.39, 0.29) is 5.82 Å². The third-order valence-electron chi connectivity index (χ3n) is 1.84. The van der Waals surface area contributed by atoms with Crippen LogP contribution >= 0.6 is 0 Å². The summed E-state index contributed by atoms with van der Waals surface area (Å²) in [6.45, 7) is 1.92. The van der Waals surface area contributed by atoms with Crippen molar-refractivity contribution in [2.24, 2.45) is 0 Å². The molecule has 0 aromatic carbocycles. The number of hydrogen-bond donors (Lipinski definition) is 0. The van der Waals surface area contributed by atoms with E-state index in [1.165, 1.54) is 10.6 Å². The average Bonchev–Trinajstić information content (AvgIpc) is 2.46. The monoisotopic (exact) mass is 177 g/mol. The zero-order valence-electron chi connectivity index (χ0n) is 6.97. The van der Waals surface area contributed by atoms with Crippen molar-refractivity contribution in [1.82, 2.24) is 9.38 Å². The Morgan fingerprint density at radius 2 is 2.38 bits per heavy atom. The van der Waals surface area contributed by atoms with Crippen LogP contribution in [-0.2, 0) is 0 Å². The van der Waals surface area contributed by atoms with Gasteiger partial charge in [0.15, 0.2) is 0 Å². The van der Waals surface area contributed by atoms with Crippen LogP contribution in [0.5, 0.6) is 0 Å². The van der Waals surface area contributed by atoms with Gasteiger partial charge in [-0.1, -0.05) is 0 Å². The number of aryl methyl sites for hydroxylation is 1. The molecule has 0 aliphatic carbocycles. The Balaban J connectivity index is 2.76. The highest BCUT2D eigenvalue weighted by Crippen LogP contribution is 2.14. The summed E-state index contributed by atoms with van der Waals surface area (Å²) in [6.07, 6.45) is 2.91. The summed E-state index contributed by atoms with van der Waals surface area (Å²) in [5, 5.41) is 10.5. The Labute approximate surface area is 73.8 Å². The third kappa shape index (κ3) is 1.14. The van der Waals surface area contributed by atoms with Gasteiger partial charge in [-0.05, 0) is 23.5 Å². The Morgan fingerprint density at radius 3 is 3.08 bits per heavy atom.